The van der Waals surface area contributed by atoms with Crippen LogP contribution in [0.5, 0.6) is 0 Å². The van der Waals surface area contributed by atoms with E-state index in [-0.39, 0.29) is 51.9 Å². The number of aliphatic carboxylic acids is 2. The fraction of sp³-hybridized carbons (Fsp3) is 0.500. The molecule has 0 aromatic rings. The van der Waals surface area contributed by atoms with Crippen molar-refractivity contribution in [2.45, 2.75) is 12.5 Å². The van der Waals surface area contributed by atoms with Gasteiger partial charge in [-0.15, -0.1) is 12.4 Å². The molecule has 0 aliphatic rings. The van der Waals surface area contributed by atoms with E-state index in [0.29, 0.717) is 0 Å². The minimum Gasteiger partial charge on any atom is -0.550 e. The van der Waals surface area contributed by atoms with Crippen molar-refractivity contribution >= 4 is 47.4 Å². The van der Waals surface area contributed by atoms with E-state index in [9.17, 15) is 19.8 Å². The van der Waals surface area contributed by atoms with E-state index < -0.39 is 24.4 Å². The number of halogens is 1. The number of carbonyl (C=O) groups excluding carboxylic acids is 2. The van der Waals surface area contributed by atoms with Crippen molar-refractivity contribution in [2.24, 2.45) is 5.73 Å². The maximum atomic E-state index is 9.71. The first-order valence-electron chi connectivity index (χ1n) is 2.20. The molecule has 0 heterocycles. The van der Waals surface area contributed by atoms with Gasteiger partial charge in [-0.2, -0.15) is 0 Å². The summed E-state index contributed by atoms with van der Waals surface area (Å²) in [5.41, 5.74) is 4.73. The van der Waals surface area contributed by atoms with Crippen LogP contribution in [0.15, 0.2) is 0 Å². The van der Waals surface area contributed by atoms with Gasteiger partial charge in [0.2, 0.25) is 0 Å². The van der Waals surface area contributed by atoms with Crippen LogP contribution in [0.4, 0.5) is 0 Å². The summed E-state index contributed by atoms with van der Waals surface area (Å²) in [4.78, 5) is 19.3. The van der Waals surface area contributed by atoms with Crippen LogP contribution in [0.3, 0.4) is 0 Å². The summed E-state index contributed by atoms with van der Waals surface area (Å²) in [5.74, 6) is -3.08. The normalized spacial score (nSPS) is 8.07. The summed E-state index contributed by atoms with van der Waals surface area (Å²) >= 11 is 0. The second-order valence-electron chi connectivity index (χ2n) is 1.50. The summed E-state index contributed by atoms with van der Waals surface area (Å²) in [6.45, 7) is 0. The topological polar surface area (TPSA) is 201 Å². The minimum atomic E-state index is -1.58. The molecular formula is C4H12ClMgNO7. The zero-order valence-electron chi connectivity index (χ0n) is 7.11. The Morgan fingerprint density at radius 2 is 1.43 bits per heavy atom. The molecule has 0 saturated carbocycles. The summed E-state index contributed by atoms with van der Waals surface area (Å²) in [6.07, 6.45) is -0.706. The van der Waals surface area contributed by atoms with Gasteiger partial charge >= 0.3 is 23.1 Å². The minimum absolute atomic E-state index is 0. The Bertz CT molecular complexity index is 146. The second kappa shape index (κ2) is 18.6. The Kier molecular flexibility index (Phi) is 49.3. The van der Waals surface area contributed by atoms with Crippen molar-refractivity contribution in [1.29, 1.82) is 0 Å². The molecule has 0 aliphatic carbocycles. The Morgan fingerprint density at radius 1 is 1.14 bits per heavy atom. The van der Waals surface area contributed by atoms with Gasteiger partial charge in [0.1, 0.15) is 0 Å². The van der Waals surface area contributed by atoms with Crippen LogP contribution in [0.2, 0.25) is 0 Å². The maximum absolute atomic E-state index is 9.71. The molecule has 84 valence electrons. The number of hydrogen-bond acceptors (Lipinski definition) is 5. The SMILES string of the molecule is Cl.N[C@H](CC(=O)[O-])C(=O)[O-].O.O.O.[Mg+2]. The van der Waals surface area contributed by atoms with Crippen molar-refractivity contribution in [3.05, 3.63) is 0 Å². The van der Waals surface area contributed by atoms with Crippen molar-refractivity contribution in [2.75, 3.05) is 0 Å². The molecule has 0 aromatic heterocycles. The number of nitrogens with two attached hydrogens (primary N) is 1. The van der Waals surface area contributed by atoms with E-state index in [1.165, 1.54) is 0 Å². The molecule has 0 radical (unpaired) electrons. The molecule has 0 rings (SSSR count). The predicted octanol–water partition coefficient (Wildman–Crippen LogP) is -6.23. The van der Waals surface area contributed by atoms with E-state index in [2.05, 4.69) is 0 Å². The van der Waals surface area contributed by atoms with Gasteiger partial charge in [-0.3, -0.25) is 0 Å². The first kappa shape index (κ1) is 37.1. The summed E-state index contributed by atoms with van der Waals surface area (Å²) in [7, 11) is 0. The number of carbonyl (C=O) groups is 2. The first-order valence-corrected chi connectivity index (χ1v) is 2.20. The number of carboxylic acids is 2. The average Bonchev–Trinajstić information content (AvgIpc) is 1.63. The van der Waals surface area contributed by atoms with Gasteiger partial charge < -0.3 is 42.0 Å². The van der Waals surface area contributed by atoms with Crippen LogP contribution in [-0.2, 0) is 9.59 Å². The van der Waals surface area contributed by atoms with Gasteiger partial charge in [-0.05, 0) is 0 Å². The van der Waals surface area contributed by atoms with E-state index in [1.54, 1.807) is 0 Å². The molecule has 0 amide bonds. The van der Waals surface area contributed by atoms with E-state index >= 15 is 0 Å². The van der Waals surface area contributed by atoms with Crippen LogP contribution >= 0.6 is 12.4 Å². The molecule has 0 bridgehead atoms. The molecule has 0 aliphatic heterocycles. The smallest absolute Gasteiger partial charge is 0.550 e. The van der Waals surface area contributed by atoms with Gasteiger partial charge in [0.15, 0.2) is 0 Å². The fourth-order valence-corrected chi connectivity index (χ4v) is 0.263. The maximum Gasteiger partial charge on any atom is 2.00 e. The van der Waals surface area contributed by atoms with Crippen LogP contribution in [0.25, 0.3) is 0 Å². The Hall–Kier alpha value is -0.164. The quantitative estimate of drug-likeness (QED) is 0.481. The molecule has 14 heavy (non-hydrogen) atoms. The van der Waals surface area contributed by atoms with Crippen LogP contribution in [0.1, 0.15) is 6.42 Å². The number of rotatable bonds is 3. The van der Waals surface area contributed by atoms with Gasteiger partial charge in [0.05, 0.1) is 5.97 Å². The van der Waals surface area contributed by atoms with Crippen LogP contribution in [-0.4, -0.2) is 57.5 Å². The molecule has 8 nitrogen and oxygen atoms in total. The van der Waals surface area contributed by atoms with Crippen molar-refractivity contribution < 1.29 is 36.2 Å². The molecule has 8 N–H and O–H groups in total. The standard InChI is InChI=1S/C4H7NO4.ClH.Mg.3H2O/c5-2(4(8)9)1-3(6)7;;;;;/h2H,1,5H2,(H,6,7)(H,8,9);1H;;3*1H2/q;;+2;;;/p-2/t2-;;;;;/m1...../s1. The Balaban J connectivity index is -0.0000000320. The zero-order chi connectivity index (χ0) is 7.44. The molecule has 0 fully saturated rings. The largest absolute Gasteiger partial charge is 2.00 e. The molecule has 10 heteroatoms. The predicted molar refractivity (Wildman–Crippen MR) is 46.4 cm³/mol. The van der Waals surface area contributed by atoms with E-state index in [4.69, 9.17) is 5.73 Å². The second-order valence-corrected chi connectivity index (χ2v) is 1.50. The molecule has 0 spiro atoms. The Morgan fingerprint density at radius 3 is 1.50 bits per heavy atom. The molecule has 0 saturated heterocycles. The van der Waals surface area contributed by atoms with Gasteiger partial charge in [0.25, 0.3) is 0 Å². The van der Waals surface area contributed by atoms with Gasteiger partial charge in [-0.25, -0.2) is 0 Å². The summed E-state index contributed by atoms with van der Waals surface area (Å²) in [6, 6.07) is -1.46. The molecule has 0 unspecified atom stereocenters. The summed E-state index contributed by atoms with van der Waals surface area (Å²) < 4.78 is 0. The van der Waals surface area contributed by atoms with Crippen molar-refractivity contribution in [3.63, 3.8) is 0 Å². The Labute approximate surface area is 102 Å². The third kappa shape index (κ3) is 22.6. The summed E-state index contributed by atoms with van der Waals surface area (Å²) in [5, 5.41) is 19.3. The average molecular weight is 246 g/mol. The zero-order valence-corrected chi connectivity index (χ0v) is 9.34. The molecular weight excluding hydrogens is 234 g/mol. The van der Waals surface area contributed by atoms with Gasteiger partial charge in [0, 0.05) is 18.4 Å². The monoisotopic (exact) mass is 245 g/mol. The first-order chi connectivity index (χ1) is 4.04. The number of hydrogen-bond donors (Lipinski definition) is 1. The van der Waals surface area contributed by atoms with Crippen LogP contribution in [0, 0.1) is 0 Å². The van der Waals surface area contributed by atoms with Crippen LogP contribution < -0.4 is 15.9 Å². The van der Waals surface area contributed by atoms with Crippen molar-refractivity contribution in [1.82, 2.24) is 0 Å². The van der Waals surface area contributed by atoms with E-state index in [0.717, 1.165) is 0 Å². The van der Waals surface area contributed by atoms with Gasteiger partial charge in [-0.1, -0.05) is 0 Å². The third-order valence-electron chi connectivity index (χ3n) is 0.689. The fourth-order valence-electron chi connectivity index (χ4n) is 0.263. The molecule has 0 aromatic carbocycles. The molecule has 1 atom stereocenters. The number of carboxylic acid groups (broad SMARTS) is 2. The van der Waals surface area contributed by atoms with E-state index in [1.807, 2.05) is 0 Å². The third-order valence-corrected chi connectivity index (χ3v) is 0.689. The van der Waals surface area contributed by atoms with Crippen molar-refractivity contribution in [3.8, 4) is 0 Å².